The molecule has 0 spiro atoms. The van der Waals surface area contributed by atoms with Crippen LogP contribution in [-0.2, 0) is 9.59 Å². The number of para-hydroxylation sites is 1. The maximum Gasteiger partial charge on any atom is 0.327 e. The number of rotatable bonds is 6. The summed E-state index contributed by atoms with van der Waals surface area (Å²) in [6.45, 7) is 0. The molecule has 1 aliphatic heterocycles. The Labute approximate surface area is 172 Å². The minimum absolute atomic E-state index is 0.00776. The van der Waals surface area contributed by atoms with Crippen LogP contribution in [0.25, 0.3) is 0 Å². The van der Waals surface area contributed by atoms with Crippen LogP contribution in [0.2, 0.25) is 0 Å². The molecular weight excluding hydrogens is 398 g/mol. The number of phenolic OH excluding ortho intramolecular Hbond substituents is 1. The van der Waals surface area contributed by atoms with Gasteiger partial charge in [-0.3, -0.25) is 9.59 Å². The van der Waals surface area contributed by atoms with Crippen molar-refractivity contribution in [2.45, 2.75) is 23.1 Å². The number of carbonyl (C=O) groups is 3. The van der Waals surface area contributed by atoms with Crippen molar-refractivity contribution in [2.24, 2.45) is 0 Å². The third-order valence-corrected chi connectivity index (χ3v) is 6.23. The Morgan fingerprint density at radius 2 is 1.75 bits per heavy atom. The van der Waals surface area contributed by atoms with Gasteiger partial charge in [-0.15, -0.1) is 11.8 Å². The zero-order valence-corrected chi connectivity index (χ0v) is 16.5. The monoisotopic (exact) mass is 417 g/mol. The average molecular weight is 418 g/mol. The van der Waals surface area contributed by atoms with Crippen molar-refractivity contribution in [1.29, 1.82) is 0 Å². The van der Waals surface area contributed by atoms with Gasteiger partial charge in [0.25, 0.3) is 0 Å². The lowest BCUT2D eigenvalue weighted by Crippen LogP contribution is -2.44. The number of thiol groups is 1. The number of Topliss-reactive ketones (excluding diaryl/α,β-unsaturated/α-hetero) is 1. The smallest absolute Gasteiger partial charge is 0.327 e. The van der Waals surface area contributed by atoms with E-state index < -0.39 is 28.5 Å². The topological polar surface area (TPSA) is 94.9 Å². The molecule has 1 saturated heterocycles. The number of carboxylic acid groups (broad SMARTS) is 1. The number of phenols is 1. The van der Waals surface area contributed by atoms with Crippen LogP contribution in [-0.4, -0.2) is 49.8 Å². The van der Waals surface area contributed by atoms with Crippen molar-refractivity contribution < 1.29 is 24.6 Å². The van der Waals surface area contributed by atoms with Crippen molar-refractivity contribution >= 4 is 42.1 Å². The fourth-order valence-electron chi connectivity index (χ4n) is 3.10. The van der Waals surface area contributed by atoms with E-state index in [1.165, 1.54) is 22.7 Å². The second-order valence-electron chi connectivity index (χ2n) is 6.35. The number of nitrogens with zero attached hydrogens (tertiary/aromatic N) is 1. The summed E-state index contributed by atoms with van der Waals surface area (Å²) >= 11 is 5.56. The Hall–Kier alpha value is -2.45. The number of amides is 1. The standard InChI is InChI=1S/C20H19NO5S2/c22-15-9-5-4-8-13(15)19-21(14(11-28-19)20(25)26)17(23)10-16(27)18(24)12-6-2-1-3-7-12/h1-9,14,16,19,22,27H,10-11H2,(H,25,26)/t14-,16?,19?/m0/s1. The van der Waals surface area contributed by atoms with Gasteiger partial charge in [0, 0.05) is 23.3 Å². The summed E-state index contributed by atoms with van der Waals surface area (Å²) in [6.07, 6.45) is -0.231. The molecule has 1 amide bonds. The van der Waals surface area contributed by atoms with Crippen LogP contribution in [0.15, 0.2) is 54.6 Å². The van der Waals surface area contributed by atoms with E-state index in [0.717, 1.165) is 0 Å². The Morgan fingerprint density at radius 1 is 1.11 bits per heavy atom. The van der Waals surface area contributed by atoms with E-state index in [2.05, 4.69) is 12.6 Å². The van der Waals surface area contributed by atoms with Crippen LogP contribution >= 0.6 is 24.4 Å². The van der Waals surface area contributed by atoms with E-state index in [0.29, 0.717) is 11.1 Å². The Balaban J connectivity index is 1.82. The van der Waals surface area contributed by atoms with Gasteiger partial charge in [-0.1, -0.05) is 48.5 Å². The molecule has 28 heavy (non-hydrogen) atoms. The number of carbonyl (C=O) groups excluding carboxylic acids is 2. The van der Waals surface area contributed by atoms with Crippen molar-refractivity contribution in [3.05, 3.63) is 65.7 Å². The molecule has 3 atom stereocenters. The largest absolute Gasteiger partial charge is 0.508 e. The van der Waals surface area contributed by atoms with Gasteiger partial charge in [0.15, 0.2) is 5.78 Å². The second kappa shape index (κ2) is 8.70. The molecule has 1 fully saturated rings. The second-order valence-corrected chi connectivity index (χ2v) is 8.09. The molecule has 1 heterocycles. The molecule has 0 radical (unpaired) electrons. The molecule has 8 heteroatoms. The van der Waals surface area contributed by atoms with E-state index in [1.807, 2.05) is 0 Å². The summed E-state index contributed by atoms with van der Waals surface area (Å²) in [6, 6.07) is 14.0. The number of thioether (sulfide) groups is 1. The Morgan fingerprint density at radius 3 is 2.39 bits per heavy atom. The molecule has 0 saturated carbocycles. The highest BCUT2D eigenvalue weighted by Crippen LogP contribution is 2.44. The number of aliphatic carboxylic acids is 1. The first-order valence-electron chi connectivity index (χ1n) is 8.61. The van der Waals surface area contributed by atoms with Crippen molar-refractivity contribution in [1.82, 2.24) is 4.90 Å². The molecule has 2 unspecified atom stereocenters. The van der Waals surface area contributed by atoms with E-state index in [4.69, 9.17) is 0 Å². The normalized spacial score (nSPS) is 20.0. The molecule has 146 valence electrons. The maximum absolute atomic E-state index is 13.0. The van der Waals surface area contributed by atoms with Crippen LogP contribution < -0.4 is 0 Å². The number of hydrogen-bond donors (Lipinski definition) is 3. The maximum atomic E-state index is 13.0. The highest BCUT2D eigenvalue weighted by atomic mass is 32.2. The molecule has 0 aliphatic carbocycles. The quantitative estimate of drug-likeness (QED) is 0.494. The van der Waals surface area contributed by atoms with Crippen LogP contribution in [0.4, 0.5) is 0 Å². The van der Waals surface area contributed by atoms with Crippen LogP contribution in [0.3, 0.4) is 0 Å². The fourth-order valence-corrected chi connectivity index (χ4v) is 4.87. The summed E-state index contributed by atoms with van der Waals surface area (Å²) in [5.74, 6) is -1.72. The van der Waals surface area contributed by atoms with Crippen molar-refractivity contribution in [3.8, 4) is 5.75 Å². The highest BCUT2D eigenvalue weighted by molar-refractivity contribution is 7.99. The first-order valence-corrected chi connectivity index (χ1v) is 10.2. The minimum Gasteiger partial charge on any atom is -0.508 e. The van der Waals surface area contributed by atoms with E-state index in [-0.39, 0.29) is 23.7 Å². The number of ketones is 1. The van der Waals surface area contributed by atoms with Gasteiger partial charge >= 0.3 is 5.97 Å². The van der Waals surface area contributed by atoms with E-state index >= 15 is 0 Å². The van der Waals surface area contributed by atoms with Gasteiger partial charge in [0.2, 0.25) is 5.91 Å². The number of benzene rings is 2. The van der Waals surface area contributed by atoms with Crippen molar-refractivity contribution in [2.75, 3.05) is 5.75 Å². The molecule has 2 N–H and O–H groups in total. The summed E-state index contributed by atoms with van der Waals surface area (Å²) in [5.41, 5.74) is 0.910. The number of carboxylic acids is 1. The lowest BCUT2D eigenvalue weighted by molar-refractivity contribution is -0.149. The van der Waals surface area contributed by atoms with E-state index in [9.17, 15) is 24.6 Å². The number of hydrogen-bond acceptors (Lipinski definition) is 6. The molecule has 0 aromatic heterocycles. The van der Waals surface area contributed by atoms with Crippen LogP contribution in [0.1, 0.15) is 27.7 Å². The predicted molar refractivity (Wildman–Crippen MR) is 110 cm³/mol. The third-order valence-electron chi connectivity index (χ3n) is 4.51. The molecule has 6 nitrogen and oxygen atoms in total. The van der Waals surface area contributed by atoms with Gasteiger partial charge in [-0.25, -0.2) is 4.79 Å². The average Bonchev–Trinajstić information content (AvgIpc) is 3.13. The van der Waals surface area contributed by atoms with E-state index in [1.54, 1.807) is 48.5 Å². The molecule has 3 rings (SSSR count). The predicted octanol–water partition coefficient (Wildman–Crippen LogP) is 2.99. The fraction of sp³-hybridized carbons (Fsp3) is 0.250. The SMILES string of the molecule is O=C(c1ccccc1)C(S)CC(=O)N1C(c2ccccc2O)SC[C@H]1C(=O)O. The minimum atomic E-state index is -1.12. The summed E-state index contributed by atoms with van der Waals surface area (Å²) in [4.78, 5) is 38.4. The lowest BCUT2D eigenvalue weighted by Gasteiger charge is -2.28. The van der Waals surface area contributed by atoms with Crippen LogP contribution in [0.5, 0.6) is 5.75 Å². The highest BCUT2D eigenvalue weighted by Gasteiger charge is 2.43. The summed E-state index contributed by atoms with van der Waals surface area (Å²) < 4.78 is 0. The molecule has 0 bridgehead atoms. The van der Waals surface area contributed by atoms with Gasteiger partial charge < -0.3 is 15.1 Å². The molecular formula is C20H19NO5S2. The third kappa shape index (κ3) is 4.18. The molecule has 1 aliphatic rings. The Kier molecular flexibility index (Phi) is 6.31. The first-order chi connectivity index (χ1) is 13.4. The van der Waals surface area contributed by atoms with Gasteiger partial charge in [-0.05, 0) is 6.07 Å². The zero-order chi connectivity index (χ0) is 20.3. The molecule has 2 aromatic carbocycles. The number of aromatic hydroxyl groups is 1. The van der Waals surface area contributed by atoms with Gasteiger partial charge in [0.05, 0.1) is 5.25 Å². The van der Waals surface area contributed by atoms with Gasteiger partial charge in [-0.2, -0.15) is 12.6 Å². The Bertz CT molecular complexity index is 889. The summed E-state index contributed by atoms with van der Waals surface area (Å²) in [7, 11) is 0. The van der Waals surface area contributed by atoms with Crippen LogP contribution in [0, 0.1) is 0 Å². The lowest BCUT2D eigenvalue weighted by atomic mass is 10.0. The molecule has 2 aromatic rings. The zero-order valence-electron chi connectivity index (χ0n) is 14.8. The van der Waals surface area contributed by atoms with Gasteiger partial charge in [0.1, 0.15) is 17.2 Å². The van der Waals surface area contributed by atoms with Crippen molar-refractivity contribution in [3.63, 3.8) is 0 Å². The first kappa shape index (κ1) is 20.3. The summed E-state index contributed by atoms with van der Waals surface area (Å²) in [5, 5.41) is 18.2.